The fourth-order valence-corrected chi connectivity index (χ4v) is 1.58. The maximum Gasteiger partial charge on any atom is 0.0506 e. The summed E-state index contributed by atoms with van der Waals surface area (Å²) < 4.78 is 0. The van der Waals surface area contributed by atoms with Crippen molar-refractivity contribution in [1.82, 2.24) is 0 Å². The van der Waals surface area contributed by atoms with Crippen molar-refractivity contribution in [2.24, 2.45) is 5.84 Å². The summed E-state index contributed by atoms with van der Waals surface area (Å²) in [7, 11) is 0. The van der Waals surface area contributed by atoms with Gasteiger partial charge in [-0.05, 0) is 29.8 Å². The van der Waals surface area contributed by atoms with Crippen LogP contribution in [0.2, 0.25) is 0 Å². The minimum absolute atomic E-state index is 0.681. The van der Waals surface area contributed by atoms with Crippen LogP contribution in [0.3, 0.4) is 0 Å². The second-order valence-corrected chi connectivity index (χ2v) is 3.57. The summed E-state index contributed by atoms with van der Waals surface area (Å²) in [4.78, 5) is 0. The van der Waals surface area contributed by atoms with Gasteiger partial charge in [-0.25, -0.2) is 0 Å². The average Bonchev–Trinajstić information content (AvgIpc) is 2.30. The van der Waals surface area contributed by atoms with E-state index >= 15 is 0 Å². The van der Waals surface area contributed by atoms with Crippen LogP contribution in [0.15, 0.2) is 42.5 Å². The van der Waals surface area contributed by atoms with Crippen molar-refractivity contribution in [2.75, 3.05) is 16.9 Å². The van der Waals surface area contributed by atoms with Crippen molar-refractivity contribution in [3.8, 4) is 11.1 Å². The van der Waals surface area contributed by atoms with Gasteiger partial charge < -0.3 is 16.9 Å². The summed E-state index contributed by atoms with van der Waals surface area (Å²) in [6.07, 6.45) is 0. The molecule has 0 amide bonds. The lowest BCUT2D eigenvalue weighted by Crippen LogP contribution is -2.07. The Hall–Kier alpha value is -2.20. The lowest BCUT2D eigenvalue weighted by molar-refractivity contribution is 1.35. The molecular weight excluding hydrogens is 200 g/mol. The first kappa shape index (κ1) is 10.3. The summed E-state index contributed by atoms with van der Waals surface area (Å²) in [6, 6.07) is 13.2. The number of anilines is 3. The van der Waals surface area contributed by atoms with Crippen LogP contribution < -0.4 is 22.7 Å². The van der Waals surface area contributed by atoms with Crippen LogP contribution >= 0.6 is 0 Å². The molecule has 0 aliphatic carbocycles. The van der Waals surface area contributed by atoms with Crippen LogP contribution in [0, 0.1) is 0 Å². The van der Waals surface area contributed by atoms with Crippen molar-refractivity contribution in [1.29, 1.82) is 0 Å². The molecule has 82 valence electrons. The Labute approximate surface area is 94.0 Å². The number of hydrogen-bond donors (Lipinski definition) is 4. The highest BCUT2D eigenvalue weighted by Gasteiger charge is 2.02. The van der Waals surface area contributed by atoms with Gasteiger partial charge in [0.15, 0.2) is 0 Å². The van der Waals surface area contributed by atoms with Crippen LogP contribution in [0.25, 0.3) is 11.1 Å². The molecule has 0 radical (unpaired) electrons. The number of hydrazine groups is 1. The zero-order valence-corrected chi connectivity index (χ0v) is 8.77. The molecule has 7 N–H and O–H groups in total. The van der Waals surface area contributed by atoms with E-state index in [0.717, 1.165) is 22.5 Å². The molecule has 16 heavy (non-hydrogen) atoms. The van der Waals surface area contributed by atoms with E-state index in [0.29, 0.717) is 5.69 Å². The van der Waals surface area contributed by atoms with Gasteiger partial charge in [0.25, 0.3) is 0 Å². The van der Waals surface area contributed by atoms with E-state index < -0.39 is 0 Å². The van der Waals surface area contributed by atoms with Crippen molar-refractivity contribution < 1.29 is 0 Å². The van der Waals surface area contributed by atoms with E-state index in [1.807, 2.05) is 36.4 Å². The Morgan fingerprint density at radius 2 is 1.56 bits per heavy atom. The summed E-state index contributed by atoms with van der Waals surface area (Å²) in [6.45, 7) is 0. The fourth-order valence-electron chi connectivity index (χ4n) is 1.58. The first-order valence-electron chi connectivity index (χ1n) is 4.93. The topological polar surface area (TPSA) is 90.1 Å². The van der Waals surface area contributed by atoms with Crippen LogP contribution in [-0.2, 0) is 0 Å². The predicted octanol–water partition coefficient (Wildman–Crippen LogP) is 1.80. The van der Waals surface area contributed by atoms with Gasteiger partial charge in [0, 0.05) is 16.9 Å². The number of nitrogen functional groups attached to an aromatic ring is 3. The summed E-state index contributed by atoms with van der Waals surface area (Å²) in [5, 5.41) is 0. The minimum Gasteiger partial charge on any atom is -0.399 e. The molecular formula is C12H14N4. The molecule has 0 saturated heterocycles. The van der Waals surface area contributed by atoms with Crippen LogP contribution in [-0.4, -0.2) is 0 Å². The highest BCUT2D eigenvalue weighted by molar-refractivity contribution is 5.79. The molecule has 0 atom stereocenters. The SMILES string of the molecule is NNc1ccc(-c2ccc(N)cc2)c(N)c1. The Balaban J connectivity index is 2.44. The quantitative estimate of drug-likeness (QED) is 0.348. The summed E-state index contributed by atoms with van der Waals surface area (Å²) in [5.41, 5.74) is 18.3. The van der Waals surface area contributed by atoms with E-state index in [-0.39, 0.29) is 0 Å². The van der Waals surface area contributed by atoms with Gasteiger partial charge >= 0.3 is 0 Å². The van der Waals surface area contributed by atoms with Crippen molar-refractivity contribution >= 4 is 17.1 Å². The monoisotopic (exact) mass is 214 g/mol. The Morgan fingerprint density at radius 1 is 0.875 bits per heavy atom. The minimum atomic E-state index is 0.681. The van der Waals surface area contributed by atoms with E-state index in [9.17, 15) is 0 Å². The lowest BCUT2D eigenvalue weighted by atomic mass is 10.0. The molecule has 0 aliphatic heterocycles. The first-order chi connectivity index (χ1) is 7.70. The zero-order chi connectivity index (χ0) is 11.5. The highest BCUT2D eigenvalue weighted by Crippen LogP contribution is 2.28. The summed E-state index contributed by atoms with van der Waals surface area (Å²) in [5.74, 6) is 5.31. The third-order valence-corrected chi connectivity index (χ3v) is 2.44. The standard InChI is InChI=1S/C12H14N4/c13-9-3-1-8(2-4-9)11-6-5-10(16-15)7-12(11)14/h1-7,16H,13-15H2. The van der Waals surface area contributed by atoms with Gasteiger partial charge in [-0.15, -0.1) is 0 Å². The molecule has 0 aliphatic rings. The lowest BCUT2D eigenvalue weighted by Gasteiger charge is -2.08. The third kappa shape index (κ3) is 1.92. The van der Waals surface area contributed by atoms with Crippen LogP contribution in [0.4, 0.5) is 17.1 Å². The Bertz CT molecular complexity index is 491. The van der Waals surface area contributed by atoms with Crippen LogP contribution in [0.5, 0.6) is 0 Å². The van der Waals surface area contributed by atoms with Crippen molar-refractivity contribution in [3.05, 3.63) is 42.5 Å². The second kappa shape index (κ2) is 4.12. The normalized spacial score (nSPS) is 10.1. The maximum atomic E-state index is 5.94. The van der Waals surface area contributed by atoms with Gasteiger partial charge in [-0.3, -0.25) is 5.84 Å². The molecule has 0 aromatic heterocycles. The largest absolute Gasteiger partial charge is 0.399 e. The van der Waals surface area contributed by atoms with E-state index in [1.165, 1.54) is 0 Å². The number of benzene rings is 2. The van der Waals surface area contributed by atoms with Gasteiger partial charge in [-0.1, -0.05) is 18.2 Å². The van der Waals surface area contributed by atoms with Crippen LogP contribution in [0.1, 0.15) is 0 Å². The zero-order valence-electron chi connectivity index (χ0n) is 8.77. The molecule has 4 nitrogen and oxygen atoms in total. The highest BCUT2D eigenvalue weighted by atomic mass is 15.2. The fraction of sp³-hybridized carbons (Fsp3) is 0. The van der Waals surface area contributed by atoms with E-state index in [4.69, 9.17) is 17.3 Å². The molecule has 2 rings (SSSR count). The second-order valence-electron chi connectivity index (χ2n) is 3.57. The molecule has 0 unspecified atom stereocenters. The van der Waals surface area contributed by atoms with E-state index in [1.54, 1.807) is 6.07 Å². The predicted molar refractivity (Wildman–Crippen MR) is 68.5 cm³/mol. The van der Waals surface area contributed by atoms with Gasteiger partial charge in [-0.2, -0.15) is 0 Å². The van der Waals surface area contributed by atoms with Gasteiger partial charge in [0.05, 0.1) is 5.69 Å². The van der Waals surface area contributed by atoms with E-state index in [2.05, 4.69) is 5.43 Å². The first-order valence-corrected chi connectivity index (χ1v) is 4.93. The maximum absolute atomic E-state index is 5.94. The molecule has 0 heterocycles. The number of nitrogens with two attached hydrogens (primary N) is 3. The molecule has 2 aromatic carbocycles. The van der Waals surface area contributed by atoms with Crippen molar-refractivity contribution in [3.63, 3.8) is 0 Å². The van der Waals surface area contributed by atoms with Crippen molar-refractivity contribution in [2.45, 2.75) is 0 Å². The average molecular weight is 214 g/mol. The number of rotatable bonds is 2. The Kier molecular flexibility index (Phi) is 2.66. The molecule has 2 aromatic rings. The molecule has 0 bridgehead atoms. The smallest absolute Gasteiger partial charge is 0.0506 e. The number of hydrogen-bond acceptors (Lipinski definition) is 4. The molecule has 0 saturated carbocycles. The Morgan fingerprint density at radius 3 is 2.12 bits per heavy atom. The molecule has 0 fully saturated rings. The third-order valence-electron chi connectivity index (χ3n) is 2.44. The van der Waals surface area contributed by atoms with Gasteiger partial charge in [0.1, 0.15) is 0 Å². The summed E-state index contributed by atoms with van der Waals surface area (Å²) >= 11 is 0. The molecule has 4 heteroatoms. The number of nitrogens with one attached hydrogen (secondary N) is 1. The van der Waals surface area contributed by atoms with Gasteiger partial charge in [0.2, 0.25) is 0 Å². The molecule has 0 spiro atoms.